The quantitative estimate of drug-likeness (QED) is 0.896. The van der Waals surface area contributed by atoms with Crippen LogP contribution in [-0.4, -0.2) is 28.5 Å². The Kier molecular flexibility index (Phi) is 4.54. The summed E-state index contributed by atoms with van der Waals surface area (Å²) in [5.74, 6) is 0. The topological polar surface area (TPSA) is 42.2 Å². The van der Waals surface area contributed by atoms with Gasteiger partial charge in [0.15, 0.2) is 0 Å². The van der Waals surface area contributed by atoms with Crippen LogP contribution in [0.1, 0.15) is 43.8 Å². The zero-order valence-corrected chi connectivity index (χ0v) is 11.7. The molecule has 0 saturated carbocycles. The minimum Gasteiger partial charge on any atom is -0.329 e. The first kappa shape index (κ1) is 13.0. The van der Waals surface area contributed by atoms with Crippen LogP contribution in [-0.2, 0) is 13.0 Å². The second-order valence-corrected chi connectivity index (χ2v) is 5.87. The molecule has 3 nitrogen and oxygen atoms in total. The van der Waals surface area contributed by atoms with Crippen molar-refractivity contribution in [2.45, 2.75) is 58.2 Å². The zero-order valence-electron chi connectivity index (χ0n) is 10.9. The fraction of sp³-hybridized carbons (Fsp3) is 0.769. The lowest BCUT2D eigenvalue weighted by Gasteiger charge is -2.39. The first-order chi connectivity index (χ1) is 8.24. The van der Waals surface area contributed by atoms with Gasteiger partial charge in [0, 0.05) is 30.6 Å². The Morgan fingerprint density at radius 2 is 2.35 bits per heavy atom. The van der Waals surface area contributed by atoms with E-state index in [-0.39, 0.29) is 0 Å². The molecule has 2 heterocycles. The summed E-state index contributed by atoms with van der Waals surface area (Å²) in [7, 11) is 0. The fourth-order valence-corrected chi connectivity index (χ4v) is 3.39. The van der Waals surface area contributed by atoms with Gasteiger partial charge in [-0.2, -0.15) is 0 Å². The molecule has 2 atom stereocenters. The monoisotopic (exact) mass is 253 g/mol. The molecule has 4 heteroatoms. The van der Waals surface area contributed by atoms with Crippen molar-refractivity contribution in [1.82, 2.24) is 9.88 Å². The summed E-state index contributed by atoms with van der Waals surface area (Å²) in [4.78, 5) is 7.20. The molecule has 1 fully saturated rings. The third kappa shape index (κ3) is 3.06. The van der Waals surface area contributed by atoms with Crippen LogP contribution in [0, 0.1) is 0 Å². The molecule has 2 N–H and O–H groups in total. The summed E-state index contributed by atoms with van der Waals surface area (Å²) in [6, 6.07) is 1.19. The number of likely N-dealkylation sites (tertiary alicyclic amines) is 1. The maximum absolute atomic E-state index is 5.88. The molecule has 0 bridgehead atoms. The standard InChI is InChI=1S/C13H23N3S/c1-3-13-15-11(9-17-13)8-16-10(2)5-4-6-12(16)7-14/h9-10,12H,3-8,14H2,1-2H3. The van der Waals surface area contributed by atoms with Crippen LogP contribution in [0.5, 0.6) is 0 Å². The van der Waals surface area contributed by atoms with Crippen molar-refractivity contribution in [3.05, 3.63) is 16.1 Å². The fourth-order valence-electron chi connectivity index (χ4n) is 2.65. The van der Waals surface area contributed by atoms with Gasteiger partial charge in [-0.15, -0.1) is 11.3 Å². The largest absolute Gasteiger partial charge is 0.329 e. The second kappa shape index (κ2) is 5.94. The summed E-state index contributed by atoms with van der Waals surface area (Å²) in [5.41, 5.74) is 7.10. The number of aryl methyl sites for hydroxylation is 1. The summed E-state index contributed by atoms with van der Waals surface area (Å²) >= 11 is 1.78. The summed E-state index contributed by atoms with van der Waals surface area (Å²) in [5, 5.41) is 3.45. The molecule has 1 aliphatic rings. The highest BCUT2D eigenvalue weighted by Gasteiger charge is 2.27. The maximum Gasteiger partial charge on any atom is 0.0926 e. The minimum absolute atomic E-state index is 0.547. The van der Waals surface area contributed by atoms with E-state index in [4.69, 9.17) is 5.73 Å². The van der Waals surface area contributed by atoms with Gasteiger partial charge in [-0.3, -0.25) is 4.90 Å². The van der Waals surface area contributed by atoms with E-state index in [0.29, 0.717) is 12.1 Å². The first-order valence-corrected chi connectivity index (χ1v) is 7.51. The van der Waals surface area contributed by atoms with Gasteiger partial charge in [-0.05, 0) is 26.2 Å². The molecular weight excluding hydrogens is 230 g/mol. The first-order valence-electron chi connectivity index (χ1n) is 6.63. The summed E-state index contributed by atoms with van der Waals surface area (Å²) in [6.45, 7) is 6.22. The van der Waals surface area contributed by atoms with Crippen LogP contribution < -0.4 is 5.73 Å². The van der Waals surface area contributed by atoms with E-state index in [0.717, 1.165) is 19.5 Å². The number of nitrogens with two attached hydrogens (primary N) is 1. The van der Waals surface area contributed by atoms with E-state index in [1.165, 1.54) is 30.0 Å². The van der Waals surface area contributed by atoms with Crippen molar-refractivity contribution in [3.8, 4) is 0 Å². The van der Waals surface area contributed by atoms with E-state index in [2.05, 4.69) is 29.1 Å². The van der Waals surface area contributed by atoms with E-state index in [1.54, 1.807) is 11.3 Å². The van der Waals surface area contributed by atoms with Gasteiger partial charge >= 0.3 is 0 Å². The Hall–Kier alpha value is -0.450. The van der Waals surface area contributed by atoms with Crippen LogP contribution in [0.3, 0.4) is 0 Å². The number of aromatic nitrogens is 1. The summed E-state index contributed by atoms with van der Waals surface area (Å²) < 4.78 is 0. The predicted octanol–water partition coefficient (Wildman–Crippen LogP) is 2.41. The average Bonchev–Trinajstić information content (AvgIpc) is 2.79. The van der Waals surface area contributed by atoms with Gasteiger partial charge in [0.05, 0.1) is 10.7 Å². The second-order valence-electron chi connectivity index (χ2n) is 4.93. The number of hydrogen-bond acceptors (Lipinski definition) is 4. The molecule has 1 aliphatic heterocycles. The van der Waals surface area contributed by atoms with Gasteiger partial charge in [0.25, 0.3) is 0 Å². The number of hydrogen-bond donors (Lipinski definition) is 1. The molecule has 0 radical (unpaired) electrons. The van der Waals surface area contributed by atoms with Crippen molar-refractivity contribution in [2.24, 2.45) is 5.73 Å². The van der Waals surface area contributed by atoms with Crippen LogP contribution in [0.4, 0.5) is 0 Å². The van der Waals surface area contributed by atoms with Crippen LogP contribution in [0.15, 0.2) is 5.38 Å². The Balaban J connectivity index is 2.03. The lowest BCUT2D eigenvalue weighted by Crippen LogP contribution is -2.48. The third-order valence-corrected chi connectivity index (χ3v) is 4.75. The van der Waals surface area contributed by atoms with Gasteiger partial charge in [-0.1, -0.05) is 13.3 Å². The minimum atomic E-state index is 0.547. The van der Waals surface area contributed by atoms with E-state index in [9.17, 15) is 0 Å². The molecule has 2 unspecified atom stereocenters. The molecule has 96 valence electrons. The third-order valence-electron chi connectivity index (χ3n) is 3.71. The SMILES string of the molecule is CCc1nc(CN2C(C)CCCC2CN)cs1. The van der Waals surface area contributed by atoms with E-state index in [1.807, 2.05) is 0 Å². The Morgan fingerprint density at radius 1 is 1.53 bits per heavy atom. The lowest BCUT2D eigenvalue weighted by molar-refractivity contribution is 0.0880. The average molecular weight is 253 g/mol. The Labute approximate surface area is 108 Å². The summed E-state index contributed by atoms with van der Waals surface area (Å²) in [6.07, 6.45) is 4.89. The molecule has 2 rings (SSSR count). The van der Waals surface area contributed by atoms with Gasteiger partial charge in [0.2, 0.25) is 0 Å². The zero-order chi connectivity index (χ0) is 12.3. The van der Waals surface area contributed by atoms with Crippen molar-refractivity contribution in [2.75, 3.05) is 6.54 Å². The van der Waals surface area contributed by atoms with E-state index >= 15 is 0 Å². The maximum atomic E-state index is 5.88. The highest BCUT2D eigenvalue weighted by molar-refractivity contribution is 7.09. The smallest absolute Gasteiger partial charge is 0.0926 e. The molecular formula is C13H23N3S. The Bertz CT molecular complexity index is 350. The number of rotatable bonds is 4. The van der Waals surface area contributed by atoms with Crippen LogP contribution in [0.2, 0.25) is 0 Å². The predicted molar refractivity (Wildman–Crippen MR) is 73.2 cm³/mol. The van der Waals surface area contributed by atoms with Crippen molar-refractivity contribution in [3.63, 3.8) is 0 Å². The normalized spacial score (nSPS) is 26.3. The highest BCUT2D eigenvalue weighted by Crippen LogP contribution is 2.24. The molecule has 0 spiro atoms. The molecule has 1 aromatic rings. The van der Waals surface area contributed by atoms with Crippen molar-refractivity contribution >= 4 is 11.3 Å². The Morgan fingerprint density at radius 3 is 3.00 bits per heavy atom. The number of piperidine rings is 1. The van der Waals surface area contributed by atoms with Gasteiger partial charge in [0.1, 0.15) is 0 Å². The van der Waals surface area contributed by atoms with Gasteiger partial charge in [-0.25, -0.2) is 4.98 Å². The van der Waals surface area contributed by atoms with E-state index < -0.39 is 0 Å². The highest BCUT2D eigenvalue weighted by atomic mass is 32.1. The molecule has 1 saturated heterocycles. The number of nitrogens with zero attached hydrogens (tertiary/aromatic N) is 2. The molecule has 1 aromatic heterocycles. The van der Waals surface area contributed by atoms with Crippen LogP contribution >= 0.6 is 11.3 Å². The van der Waals surface area contributed by atoms with Crippen molar-refractivity contribution < 1.29 is 0 Å². The molecule has 0 aliphatic carbocycles. The molecule has 0 aromatic carbocycles. The van der Waals surface area contributed by atoms with Crippen LogP contribution in [0.25, 0.3) is 0 Å². The lowest BCUT2D eigenvalue weighted by atomic mass is 9.96. The molecule has 0 amide bonds. The number of thiazole rings is 1. The van der Waals surface area contributed by atoms with Gasteiger partial charge < -0.3 is 5.73 Å². The molecule has 17 heavy (non-hydrogen) atoms. The van der Waals surface area contributed by atoms with Crippen molar-refractivity contribution in [1.29, 1.82) is 0 Å².